The lowest BCUT2D eigenvalue weighted by molar-refractivity contribution is 0.0672. The number of pyridine rings is 1. The second-order valence-corrected chi connectivity index (χ2v) is 5.35. The number of rotatable bonds is 7. The molecular formula is C14H22ClN3O2. The topological polar surface area (TPSA) is 54.5 Å². The lowest BCUT2D eigenvalue weighted by Gasteiger charge is -2.24. The van der Waals surface area contributed by atoms with Gasteiger partial charge >= 0.3 is 0 Å². The quantitative estimate of drug-likeness (QED) is 0.840. The Morgan fingerprint density at radius 1 is 1.55 bits per heavy atom. The van der Waals surface area contributed by atoms with E-state index in [-0.39, 0.29) is 5.91 Å². The fourth-order valence-electron chi connectivity index (χ4n) is 1.84. The van der Waals surface area contributed by atoms with Crippen LogP contribution in [0.15, 0.2) is 12.3 Å². The normalized spacial score (nSPS) is 10.7. The van der Waals surface area contributed by atoms with Crippen LogP contribution < -0.4 is 5.32 Å². The van der Waals surface area contributed by atoms with Crippen molar-refractivity contribution < 1.29 is 9.53 Å². The summed E-state index contributed by atoms with van der Waals surface area (Å²) in [5.41, 5.74) is 0.491. The van der Waals surface area contributed by atoms with Crippen LogP contribution in [0.3, 0.4) is 0 Å². The SMILES string of the molecule is CNc1ncc(C(=O)N(CCOC)CC(C)C)cc1Cl. The lowest BCUT2D eigenvalue weighted by atomic mass is 10.1. The number of carbonyl (C=O) groups excluding carboxylic acids is 1. The number of amides is 1. The van der Waals surface area contributed by atoms with Gasteiger partial charge in [-0.1, -0.05) is 25.4 Å². The first-order valence-electron chi connectivity index (χ1n) is 6.61. The molecule has 0 radical (unpaired) electrons. The largest absolute Gasteiger partial charge is 0.383 e. The number of aromatic nitrogens is 1. The van der Waals surface area contributed by atoms with E-state index in [1.807, 2.05) is 0 Å². The Kier molecular flexibility index (Phi) is 6.75. The van der Waals surface area contributed by atoms with E-state index in [0.29, 0.717) is 42.0 Å². The average Bonchev–Trinajstić information content (AvgIpc) is 2.42. The Morgan fingerprint density at radius 2 is 2.25 bits per heavy atom. The molecule has 0 unspecified atom stereocenters. The molecule has 5 nitrogen and oxygen atoms in total. The Balaban J connectivity index is 2.90. The van der Waals surface area contributed by atoms with Gasteiger partial charge in [0.2, 0.25) is 0 Å². The molecule has 1 aromatic heterocycles. The minimum atomic E-state index is -0.0761. The molecule has 0 aliphatic heterocycles. The van der Waals surface area contributed by atoms with Gasteiger partial charge in [-0.3, -0.25) is 4.79 Å². The maximum atomic E-state index is 12.5. The van der Waals surface area contributed by atoms with Crippen LogP contribution in [0.5, 0.6) is 0 Å². The number of carbonyl (C=O) groups is 1. The van der Waals surface area contributed by atoms with E-state index in [0.717, 1.165) is 0 Å². The minimum absolute atomic E-state index is 0.0761. The van der Waals surface area contributed by atoms with Crippen molar-refractivity contribution in [2.24, 2.45) is 5.92 Å². The van der Waals surface area contributed by atoms with Crippen molar-refractivity contribution in [1.82, 2.24) is 9.88 Å². The van der Waals surface area contributed by atoms with Crippen LogP contribution in [-0.2, 0) is 4.74 Å². The minimum Gasteiger partial charge on any atom is -0.383 e. The summed E-state index contributed by atoms with van der Waals surface area (Å²) in [7, 11) is 3.36. The molecule has 0 saturated heterocycles. The van der Waals surface area contributed by atoms with Crippen molar-refractivity contribution >= 4 is 23.3 Å². The molecule has 6 heteroatoms. The molecule has 0 fully saturated rings. The van der Waals surface area contributed by atoms with Crippen LogP contribution in [-0.4, -0.2) is 49.6 Å². The van der Waals surface area contributed by atoms with E-state index in [1.54, 1.807) is 31.3 Å². The van der Waals surface area contributed by atoms with Gasteiger partial charge in [0, 0.05) is 33.4 Å². The maximum absolute atomic E-state index is 12.5. The number of ether oxygens (including phenoxy) is 1. The van der Waals surface area contributed by atoms with Crippen LogP contribution in [0, 0.1) is 5.92 Å². The third-order valence-corrected chi connectivity index (χ3v) is 3.05. The highest BCUT2D eigenvalue weighted by atomic mass is 35.5. The molecule has 1 N–H and O–H groups in total. The van der Waals surface area contributed by atoms with E-state index in [4.69, 9.17) is 16.3 Å². The van der Waals surface area contributed by atoms with Gasteiger partial charge in [-0.15, -0.1) is 0 Å². The first kappa shape index (κ1) is 16.7. The van der Waals surface area contributed by atoms with Gasteiger partial charge in [0.1, 0.15) is 5.82 Å². The molecule has 0 saturated carbocycles. The molecule has 0 aliphatic carbocycles. The monoisotopic (exact) mass is 299 g/mol. The molecule has 0 aliphatic rings. The van der Waals surface area contributed by atoms with Gasteiger partial charge in [-0.25, -0.2) is 4.98 Å². The van der Waals surface area contributed by atoms with Crippen molar-refractivity contribution in [3.05, 3.63) is 22.8 Å². The number of methoxy groups -OCH3 is 1. The second-order valence-electron chi connectivity index (χ2n) is 4.94. The number of hydrogen-bond acceptors (Lipinski definition) is 4. The van der Waals surface area contributed by atoms with Crippen molar-refractivity contribution in [3.8, 4) is 0 Å². The zero-order valence-corrected chi connectivity index (χ0v) is 13.2. The summed E-state index contributed by atoms with van der Waals surface area (Å²) in [6, 6.07) is 1.64. The predicted octanol–water partition coefficient (Wildman–Crippen LogP) is 2.52. The summed E-state index contributed by atoms with van der Waals surface area (Å²) in [5.74, 6) is 0.874. The van der Waals surface area contributed by atoms with Gasteiger partial charge in [0.25, 0.3) is 5.91 Å². The first-order chi connectivity index (χ1) is 9.49. The summed E-state index contributed by atoms with van der Waals surface area (Å²) < 4.78 is 5.05. The van der Waals surface area contributed by atoms with Crippen LogP contribution in [0.2, 0.25) is 5.02 Å². The van der Waals surface area contributed by atoms with E-state index in [2.05, 4.69) is 24.1 Å². The van der Waals surface area contributed by atoms with Crippen LogP contribution in [0.1, 0.15) is 24.2 Å². The fraction of sp³-hybridized carbons (Fsp3) is 0.571. The van der Waals surface area contributed by atoms with Crippen molar-refractivity contribution in [2.75, 3.05) is 39.2 Å². The van der Waals surface area contributed by atoms with Gasteiger partial charge in [-0.05, 0) is 12.0 Å². The maximum Gasteiger partial charge on any atom is 0.255 e. The average molecular weight is 300 g/mol. The van der Waals surface area contributed by atoms with Gasteiger partial charge in [-0.2, -0.15) is 0 Å². The van der Waals surface area contributed by atoms with Gasteiger partial charge < -0.3 is 15.0 Å². The summed E-state index contributed by atoms with van der Waals surface area (Å²) in [6.45, 7) is 5.88. The predicted molar refractivity (Wildman–Crippen MR) is 81.4 cm³/mol. The van der Waals surface area contributed by atoms with E-state index >= 15 is 0 Å². The van der Waals surface area contributed by atoms with Gasteiger partial charge in [0.05, 0.1) is 17.2 Å². The highest BCUT2D eigenvalue weighted by molar-refractivity contribution is 6.33. The molecule has 1 heterocycles. The summed E-state index contributed by atoms with van der Waals surface area (Å²) in [6.07, 6.45) is 1.54. The summed E-state index contributed by atoms with van der Waals surface area (Å²) >= 11 is 6.07. The summed E-state index contributed by atoms with van der Waals surface area (Å²) in [5, 5.41) is 3.31. The molecule has 0 spiro atoms. The highest BCUT2D eigenvalue weighted by Crippen LogP contribution is 2.20. The standard InChI is InChI=1S/C14H22ClN3O2/c1-10(2)9-18(5-6-20-4)14(19)11-7-12(15)13(16-3)17-8-11/h7-8,10H,5-6,9H2,1-4H3,(H,16,17). The van der Waals surface area contributed by atoms with Crippen molar-refractivity contribution in [2.45, 2.75) is 13.8 Å². The van der Waals surface area contributed by atoms with Crippen LogP contribution in [0.25, 0.3) is 0 Å². The molecule has 112 valence electrons. The van der Waals surface area contributed by atoms with Crippen molar-refractivity contribution in [3.63, 3.8) is 0 Å². The molecule has 0 bridgehead atoms. The lowest BCUT2D eigenvalue weighted by Crippen LogP contribution is -2.36. The van der Waals surface area contributed by atoms with Gasteiger partial charge in [0.15, 0.2) is 0 Å². The Labute approximate surface area is 125 Å². The second kappa shape index (κ2) is 8.07. The molecule has 0 aromatic carbocycles. The first-order valence-corrected chi connectivity index (χ1v) is 6.98. The molecule has 1 aromatic rings. The smallest absolute Gasteiger partial charge is 0.255 e. The Hall–Kier alpha value is -1.33. The molecule has 1 rings (SSSR count). The van der Waals surface area contributed by atoms with Crippen molar-refractivity contribution in [1.29, 1.82) is 0 Å². The molecular weight excluding hydrogens is 278 g/mol. The number of hydrogen-bond donors (Lipinski definition) is 1. The van der Waals surface area contributed by atoms with E-state index in [1.165, 1.54) is 0 Å². The van der Waals surface area contributed by atoms with E-state index in [9.17, 15) is 4.79 Å². The zero-order valence-electron chi connectivity index (χ0n) is 12.4. The highest BCUT2D eigenvalue weighted by Gasteiger charge is 2.18. The Morgan fingerprint density at radius 3 is 2.75 bits per heavy atom. The molecule has 1 amide bonds. The zero-order chi connectivity index (χ0) is 15.1. The third-order valence-electron chi connectivity index (χ3n) is 2.76. The fourth-order valence-corrected chi connectivity index (χ4v) is 2.10. The number of nitrogens with one attached hydrogen (secondary N) is 1. The van der Waals surface area contributed by atoms with E-state index < -0.39 is 0 Å². The van der Waals surface area contributed by atoms with Crippen LogP contribution in [0.4, 0.5) is 5.82 Å². The van der Waals surface area contributed by atoms with Crippen LogP contribution >= 0.6 is 11.6 Å². The summed E-state index contributed by atoms with van der Waals surface area (Å²) in [4.78, 5) is 18.4. The number of anilines is 1. The Bertz CT molecular complexity index is 452. The molecule has 20 heavy (non-hydrogen) atoms. The molecule has 0 atom stereocenters. The number of nitrogens with zero attached hydrogens (tertiary/aromatic N) is 2. The third kappa shape index (κ3) is 4.65. The number of halogens is 1.